The smallest absolute Gasteiger partial charge is 0.134 e. The zero-order valence-corrected chi connectivity index (χ0v) is 11.4. The van der Waals surface area contributed by atoms with Crippen LogP contribution in [-0.2, 0) is 6.54 Å². The van der Waals surface area contributed by atoms with E-state index in [1.807, 2.05) is 25.1 Å². The SMILES string of the molecule is Cc1oc2ccccc2c1CNCC1(O)CCCC1. The highest BCUT2D eigenvalue weighted by atomic mass is 16.3. The summed E-state index contributed by atoms with van der Waals surface area (Å²) in [6.45, 7) is 3.43. The molecule has 0 atom stereocenters. The molecule has 1 aromatic carbocycles. The Morgan fingerprint density at radius 1 is 1.26 bits per heavy atom. The maximum Gasteiger partial charge on any atom is 0.134 e. The van der Waals surface area contributed by atoms with Gasteiger partial charge in [-0.25, -0.2) is 0 Å². The van der Waals surface area contributed by atoms with Gasteiger partial charge in [0.15, 0.2) is 0 Å². The molecule has 0 spiro atoms. The van der Waals surface area contributed by atoms with Crippen molar-refractivity contribution in [1.82, 2.24) is 5.32 Å². The summed E-state index contributed by atoms with van der Waals surface area (Å²) in [5, 5.41) is 14.9. The van der Waals surface area contributed by atoms with E-state index in [2.05, 4.69) is 11.4 Å². The van der Waals surface area contributed by atoms with Crippen LogP contribution in [-0.4, -0.2) is 17.3 Å². The highest BCUT2D eigenvalue weighted by Crippen LogP contribution is 2.29. The molecule has 1 aliphatic carbocycles. The van der Waals surface area contributed by atoms with Crippen molar-refractivity contribution in [3.05, 3.63) is 35.6 Å². The first-order valence-electron chi connectivity index (χ1n) is 7.08. The number of hydrogen-bond donors (Lipinski definition) is 2. The van der Waals surface area contributed by atoms with Gasteiger partial charge in [0.2, 0.25) is 0 Å². The zero-order valence-electron chi connectivity index (χ0n) is 11.4. The Morgan fingerprint density at radius 2 is 2.00 bits per heavy atom. The van der Waals surface area contributed by atoms with Gasteiger partial charge in [0, 0.05) is 24.0 Å². The molecule has 1 saturated carbocycles. The Morgan fingerprint density at radius 3 is 2.79 bits per heavy atom. The van der Waals surface area contributed by atoms with Crippen molar-refractivity contribution in [1.29, 1.82) is 0 Å². The molecule has 3 heteroatoms. The van der Waals surface area contributed by atoms with E-state index in [1.165, 1.54) is 10.9 Å². The average molecular weight is 259 g/mol. The standard InChI is InChI=1S/C16H21NO2/c1-12-14(13-6-2-3-7-15(13)19-12)10-17-11-16(18)8-4-5-9-16/h2-3,6-7,17-18H,4-5,8-11H2,1H3. The first kappa shape index (κ1) is 12.7. The number of para-hydroxylation sites is 1. The molecule has 19 heavy (non-hydrogen) atoms. The number of aryl methyl sites for hydroxylation is 1. The summed E-state index contributed by atoms with van der Waals surface area (Å²) in [5.41, 5.74) is 1.65. The van der Waals surface area contributed by atoms with E-state index >= 15 is 0 Å². The van der Waals surface area contributed by atoms with Crippen LogP contribution in [0.15, 0.2) is 28.7 Å². The van der Waals surface area contributed by atoms with Crippen molar-refractivity contribution >= 4 is 11.0 Å². The number of furan rings is 1. The maximum atomic E-state index is 10.3. The van der Waals surface area contributed by atoms with Gasteiger partial charge in [-0.1, -0.05) is 31.0 Å². The van der Waals surface area contributed by atoms with Crippen LogP contribution in [0.5, 0.6) is 0 Å². The lowest BCUT2D eigenvalue weighted by atomic mass is 10.0. The fourth-order valence-corrected chi connectivity index (χ4v) is 3.07. The minimum Gasteiger partial charge on any atom is -0.461 e. The predicted octanol–water partition coefficient (Wildman–Crippen LogP) is 3.14. The third-order valence-corrected chi connectivity index (χ3v) is 4.19. The lowest BCUT2D eigenvalue weighted by molar-refractivity contribution is 0.0474. The quantitative estimate of drug-likeness (QED) is 0.886. The van der Waals surface area contributed by atoms with E-state index < -0.39 is 5.60 Å². The van der Waals surface area contributed by atoms with Crippen LogP contribution in [0.4, 0.5) is 0 Å². The summed E-state index contributed by atoms with van der Waals surface area (Å²) in [5.74, 6) is 0.965. The van der Waals surface area contributed by atoms with Crippen molar-refractivity contribution in [2.45, 2.75) is 44.8 Å². The number of fused-ring (bicyclic) bond motifs is 1. The average Bonchev–Trinajstić information content (AvgIpc) is 2.95. The fourth-order valence-electron chi connectivity index (χ4n) is 3.07. The first-order chi connectivity index (χ1) is 9.18. The Labute approximate surface area is 113 Å². The van der Waals surface area contributed by atoms with Crippen molar-refractivity contribution in [2.24, 2.45) is 0 Å². The van der Waals surface area contributed by atoms with Crippen molar-refractivity contribution in [3.63, 3.8) is 0 Å². The summed E-state index contributed by atoms with van der Waals surface area (Å²) >= 11 is 0. The number of benzene rings is 1. The molecule has 0 saturated heterocycles. The lowest BCUT2D eigenvalue weighted by Crippen LogP contribution is -2.37. The summed E-state index contributed by atoms with van der Waals surface area (Å²) in [4.78, 5) is 0. The normalized spacial score (nSPS) is 18.2. The topological polar surface area (TPSA) is 45.4 Å². The summed E-state index contributed by atoms with van der Waals surface area (Å²) in [7, 11) is 0. The molecule has 102 valence electrons. The third-order valence-electron chi connectivity index (χ3n) is 4.19. The molecule has 1 aliphatic rings. The zero-order chi connectivity index (χ0) is 13.3. The van der Waals surface area contributed by atoms with Gasteiger partial charge in [-0.05, 0) is 25.8 Å². The Bertz CT molecular complexity index is 567. The largest absolute Gasteiger partial charge is 0.461 e. The summed E-state index contributed by atoms with van der Waals surface area (Å²) < 4.78 is 5.74. The van der Waals surface area contributed by atoms with Gasteiger partial charge in [0.25, 0.3) is 0 Å². The van der Waals surface area contributed by atoms with Gasteiger partial charge in [-0.3, -0.25) is 0 Å². The predicted molar refractivity (Wildman–Crippen MR) is 76.1 cm³/mol. The van der Waals surface area contributed by atoms with Crippen LogP contribution < -0.4 is 5.32 Å². The highest BCUT2D eigenvalue weighted by Gasteiger charge is 2.30. The van der Waals surface area contributed by atoms with Crippen LogP contribution in [0.1, 0.15) is 37.0 Å². The fraction of sp³-hybridized carbons (Fsp3) is 0.500. The highest BCUT2D eigenvalue weighted by molar-refractivity contribution is 5.82. The molecule has 2 aromatic rings. The molecular weight excluding hydrogens is 238 g/mol. The minimum absolute atomic E-state index is 0.493. The third kappa shape index (κ3) is 2.53. The van der Waals surface area contributed by atoms with E-state index in [4.69, 9.17) is 4.42 Å². The molecule has 2 N–H and O–H groups in total. The lowest BCUT2D eigenvalue weighted by Gasteiger charge is -2.22. The molecule has 1 heterocycles. The van der Waals surface area contributed by atoms with E-state index in [0.29, 0.717) is 6.54 Å². The van der Waals surface area contributed by atoms with E-state index in [-0.39, 0.29) is 0 Å². The van der Waals surface area contributed by atoms with Gasteiger partial charge in [-0.2, -0.15) is 0 Å². The number of nitrogens with one attached hydrogen (secondary N) is 1. The molecule has 3 nitrogen and oxygen atoms in total. The summed E-state index contributed by atoms with van der Waals surface area (Å²) in [6.07, 6.45) is 4.13. The molecule has 0 radical (unpaired) electrons. The van der Waals surface area contributed by atoms with Gasteiger partial charge in [0.1, 0.15) is 11.3 Å². The molecular formula is C16H21NO2. The monoisotopic (exact) mass is 259 g/mol. The molecule has 0 bridgehead atoms. The molecule has 0 amide bonds. The maximum absolute atomic E-state index is 10.3. The van der Waals surface area contributed by atoms with E-state index in [9.17, 15) is 5.11 Å². The number of hydrogen-bond acceptors (Lipinski definition) is 3. The first-order valence-corrected chi connectivity index (χ1v) is 7.08. The van der Waals surface area contributed by atoms with Crippen LogP contribution in [0.25, 0.3) is 11.0 Å². The second-order valence-electron chi connectivity index (χ2n) is 5.67. The minimum atomic E-state index is -0.493. The van der Waals surface area contributed by atoms with Crippen LogP contribution in [0.3, 0.4) is 0 Å². The van der Waals surface area contributed by atoms with Gasteiger partial charge in [0.05, 0.1) is 5.60 Å². The van der Waals surface area contributed by atoms with Gasteiger partial charge < -0.3 is 14.8 Å². The van der Waals surface area contributed by atoms with Crippen LogP contribution in [0, 0.1) is 6.92 Å². The molecule has 1 aromatic heterocycles. The van der Waals surface area contributed by atoms with Gasteiger partial charge >= 0.3 is 0 Å². The number of rotatable bonds is 4. The van der Waals surface area contributed by atoms with E-state index in [0.717, 1.165) is 43.6 Å². The van der Waals surface area contributed by atoms with Crippen LogP contribution >= 0.6 is 0 Å². The molecule has 3 rings (SSSR count). The van der Waals surface area contributed by atoms with E-state index in [1.54, 1.807) is 0 Å². The Hall–Kier alpha value is -1.32. The van der Waals surface area contributed by atoms with Crippen LogP contribution in [0.2, 0.25) is 0 Å². The van der Waals surface area contributed by atoms with Crippen molar-refractivity contribution < 1.29 is 9.52 Å². The van der Waals surface area contributed by atoms with Gasteiger partial charge in [-0.15, -0.1) is 0 Å². The summed E-state index contributed by atoms with van der Waals surface area (Å²) in [6, 6.07) is 8.11. The Kier molecular flexibility index (Phi) is 3.33. The second kappa shape index (κ2) is 4.99. The number of aliphatic hydroxyl groups is 1. The van der Waals surface area contributed by atoms with Crippen molar-refractivity contribution in [3.8, 4) is 0 Å². The molecule has 1 fully saturated rings. The second-order valence-corrected chi connectivity index (χ2v) is 5.67. The Balaban J connectivity index is 1.70. The molecule has 0 aliphatic heterocycles. The van der Waals surface area contributed by atoms with Crippen molar-refractivity contribution in [2.75, 3.05) is 6.54 Å². The molecule has 0 unspecified atom stereocenters.